The molecule has 1 amide bonds. The predicted molar refractivity (Wildman–Crippen MR) is 60.5 cm³/mol. The van der Waals surface area contributed by atoms with Crippen LogP contribution in [0, 0.1) is 12.3 Å². The van der Waals surface area contributed by atoms with Crippen molar-refractivity contribution in [1.82, 2.24) is 9.78 Å². The molecule has 0 aromatic carbocycles. The number of carboxylic acid groups (broad SMARTS) is 1. The summed E-state index contributed by atoms with van der Waals surface area (Å²) in [5, 5.41) is 15.9. The second-order valence-corrected chi connectivity index (χ2v) is 4.50. The summed E-state index contributed by atoms with van der Waals surface area (Å²) in [6.45, 7) is 1.77. The smallest absolute Gasteiger partial charge is 0.319 e. The molecule has 0 radical (unpaired) electrons. The first-order valence-corrected chi connectivity index (χ1v) is 5.51. The van der Waals surface area contributed by atoms with Crippen LogP contribution < -0.4 is 5.32 Å². The number of amides is 1. The standard InChI is InChI=1S/C11H15N3O3/c1-7-8(6-14(2)13-7)12-9(15)11(10(16)17)4-3-5-11/h6H,3-5H2,1-2H3,(H,12,15)(H,16,17). The number of anilines is 1. The summed E-state index contributed by atoms with van der Waals surface area (Å²) in [4.78, 5) is 23.1. The summed E-state index contributed by atoms with van der Waals surface area (Å²) in [6, 6.07) is 0. The molecule has 1 aromatic rings. The maximum absolute atomic E-state index is 12.0. The van der Waals surface area contributed by atoms with Crippen LogP contribution in [0.3, 0.4) is 0 Å². The minimum atomic E-state index is -1.23. The molecular weight excluding hydrogens is 222 g/mol. The number of hydrogen-bond donors (Lipinski definition) is 2. The molecule has 0 saturated heterocycles. The number of aryl methyl sites for hydroxylation is 2. The third-order valence-corrected chi connectivity index (χ3v) is 3.31. The molecule has 0 bridgehead atoms. The summed E-state index contributed by atoms with van der Waals surface area (Å²) < 4.78 is 1.58. The number of nitrogens with zero attached hydrogens (tertiary/aromatic N) is 2. The second kappa shape index (κ2) is 3.87. The van der Waals surface area contributed by atoms with Crippen LogP contribution in [-0.2, 0) is 16.6 Å². The fraction of sp³-hybridized carbons (Fsp3) is 0.545. The molecule has 0 atom stereocenters. The average Bonchev–Trinajstić information content (AvgIpc) is 2.42. The zero-order chi connectivity index (χ0) is 12.6. The lowest BCUT2D eigenvalue weighted by Crippen LogP contribution is -2.48. The molecular formula is C11H15N3O3. The highest BCUT2D eigenvalue weighted by molar-refractivity contribution is 6.09. The first-order valence-electron chi connectivity index (χ1n) is 5.51. The van der Waals surface area contributed by atoms with E-state index in [-0.39, 0.29) is 0 Å². The molecule has 6 nitrogen and oxygen atoms in total. The van der Waals surface area contributed by atoms with Crippen molar-refractivity contribution in [3.8, 4) is 0 Å². The minimum Gasteiger partial charge on any atom is -0.480 e. The van der Waals surface area contributed by atoms with Gasteiger partial charge in [0, 0.05) is 13.2 Å². The van der Waals surface area contributed by atoms with Crippen LogP contribution in [0.5, 0.6) is 0 Å². The van der Waals surface area contributed by atoms with E-state index in [1.165, 1.54) is 0 Å². The van der Waals surface area contributed by atoms with E-state index in [1.54, 1.807) is 24.9 Å². The normalized spacial score (nSPS) is 17.3. The van der Waals surface area contributed by atoms with Gasteiger partial charge in [-0.1, -0.05) is 6.42 Å². The van der Waals surface area contributed by atoms with Crippen molar-refractivity contribution in [2.45, 2.75) is 26.2 Å². The van der Waals surface area contributed by atoms with Crippen LogP contribution in [0.1, 0.15) is 25.0 Å². The van der Waals surface area contributed by atoms with Crippen LogP contribution in [0.15, 0.2) is 6.20 Å². The molecule has 6 heteroatoms. The van der Waals surface area contributed by atoms with Crippen LogP contribution in [0.25, 0.3) is 0 Å². The van der Waals surface area contributed by atoms with Crippen molar-refractivity contribution in [1.29, 1.82) is 0 Å². The Labute approximate surface area is 98.6 Å². The summed E-state index contributed by atoms with van der Waals surface area (Å²) in [6.07, 6.45) is 3.27. The van der Waals surface area contributed by atoms with E-state index in [1.807, 2.05) is 0 Å². The minimum absolute atomic E-state index is 0.410. The van der Waals surface area contributed by atoms with Crippen LogP contribution in [0.2, 0.25) is 0 Å². The summed E-state index contributed by atoms with van der Waals surface area (Å²) >= 11 is 0. The third-order valence-electron chi connectivity index (χ3n) is 3.31. The molecule has 2 rings (SSSR count). The van der Waals surface area contributed by atoms with Gasteiger partial charge in [0.2, 0.25) is 5.91 Å². The Balaban J connectivity index is 2.16. The zero-order valence-corrected chi connectivity index (χ0v) is 9.86. The SMILES string of the molecule is Cc1nn(C)cc1NC(=O)C1(C(=O)O)CCC1. The number of carbonyl (C=O) groups is 2. The first-order chi connectivity index (χ1) is 7.95. The number of aromatic nitrogens is 2. The van der Waals surface area contributed by atoms with Gasteiger partial charge in [0.15, 0.2) is 0 Å². The van der Waals surface area contributed by atoms with E-state index in [2.05, 4.69) is 10.4 Å². The van der Waals surface area contributed by atoms with Gasteiger partial charge in [0.25, 0.3) is 0 Å². The van der Waals surface area contributed by atoms with Gasteiger partial charge in [0.05, 0.1) is 11.4 Å². The highest BCUT2D eigenvalue weighted by Gasteiger charge is 2.51. The van der Waals surface area contributed by atoms with Gasteiger partial charge in [0.1, 0.15) is 5.41 Å². The summed E-state index contributed by atoms with van der Waals surface area (Å²) in [5.74, 6) is -1.48. The van der Waals surface area contributed by atoms with E-state index < -0.39 is 17.3 Å². The lowest BCUT2D eigenvalue weighted by molar-refractivity contribution is -0.159. The molecule has 2 N–H and O–H groups in total. The average molecular weight is 237 g/mol. The fourth-order valence-electron chi connectivity index (χ4n) is 2.03. The van der Waals surface area contributed by atoms with Crippen molar-refractivity contribution < 1.29 is 14.7 Å². The van der Waals surface area contributed by atoms with Gasteiger partial charge in [-0.15, -0.1) is 0 Å². The van der Waals surface area contributed by atoms with E-state index in [0.29, 0.717) is 24.2 Å². The van der Waals surface area contributed by atoms with Gasteiger partial charge in [-0.25, -0.2) is 0 Å². The molecule has 0 unspecified atom stereocenters. The Morgan fingerprint density at radius 1 is 1.53 bits per heavy atom. The Morgan fingerprint density at radius 2 is 2.18 bits per heavy atom. The maximum atomic E-state index is 12.0. The summed E-state index contributed by atoms with van der Waals surface area (Å²) in [5.41, 5.74) is 0.0215. The Kier molecular flexibility index (Phi) is 2.65. The number of carbonyl (C=O) groups excluding carboxylic acids is 1. The lowest BCUT2D eigenvalue weighted by Gasteiger charge is -2.35. The summed E-state index contributed by atoms with van der Waals surface area (Å²) in [7, 11) is 1.75. The predicted octanol–water partition coefficient (Wildman–Crippen LogP) is 0.922. The number of aliphatic carboxylic acids is 1. The highest BCUT2D eigenvalue weighted by Crippen LogP contribution is 2.42. The van der Waals surface area contributed by atoms with Gasteiger partial charge in [-0.2, -0.15) is 5.10 Å². The monoisotopic (exact) mass is 237 g/mol. The molecule has 0 aliphatic heterocycles. The Bertz CT molecular complexity index is 474. The quantitative estimate of drug-likeness (QED) is 0.766. The Morgan fingerprint density at radius 3 is 2.53 bits per heavy atom. The number of carboxylic acids is 1. The van der Waals surface area contributed by atoms with Crippen molar-refractivity contribution >= 4 is 17.6 Å². The van der Waals surface area contributed by atoms with Crippen molar-refractivity contribution in [3.05, 3.63) is 11.9 Å². The molecule has 17 heavy (non-hydrogen) atoms. The van der Waals surface area contributed by atoms with E-state index in [0.717, 1.165) is 6.42 Å². The fourth-order valence-corrected chi connectivity index (χ4v) is 2.03. The zero-order valence-electron chi connectivity index (χ0n) is 9.86. The molecule has 0 spiro atoms. The number of nitrogens with one attached hydrogen (secondary N) is 1. The molecule has 1 aromatic heterocycles. The van der Waals surface area contributed by atoms with Crippen LogP contribution >= 0.6 is 0 Å². The molecule has 1 aliphatic rings. The van der Waals surface area contributed by atoms with Gasteiger partial charge < -0.3 is 10.4 Å². The number of hydrogen-bond acceptors (Lipinski definition) is 3. The van der Waals surface area contributed by atoms with Crippen molar-refractivity contribution in [2.24, 2.45) is 12.5 Å². The maximum Gasteiger partial charge on any atom is 0.319 e. The Hall–Kier alpha value is -1.85. The van der Waals surface area contributed by atoms with Crippen LogP contribution in [0.4, 0.5) is 5.69 Å². The van der Waals surface area contributed by atoms with Gasteiger partial charge >= 0.3 is 5.97 Å². The lowest BCUT2D eigenvalue weighted by atomic mass is 9.68. The third kappa shape index (κ3) is 1.79. The van der Waals surface area contributed by atoms with Gasteiger partial charge in [-0.3, -0.25) is 14.3 Å². The molecule has 92 valence electrons. The molecule has 1 heterocycles. The highest BCUT2D eigenvalue weighted by atomic mass is 16.4. The second-order valence-electron chi connectivity index (χ2n) is 4.50. The molecule has 1 fully saturated rings. The van der Waals surface area contributed by atoms with Gasteiger partial charge in [-0.05, 0) is 19.8 Å². The van der Waals surface area contributed by atoms with E-state index in [9.17, 15) is 9.59 Å². The molecule has 1 saturated carbocycles. The largest absolute Gasteiger partial charge is 0.480 e. The number of rotatable bonds is 3. The topological polar surface area (TPSA) is 84.2 Å². The van der Waals surface area contributed by atoms with E-state index >= 15 is 0 Å². The molecule has 1 aliphatic carbocycles. The van der Waals surface area contributed by atoms with Crippen molar-refractivity contribution in [3.63, 3.8) is 0 Å². The van der Waals surface area contributed by atoms with Crippen LogP contribution in [-0.4, -0.2) is 26.8 Å². The van der Waals surface area contributed by atoms with E-state index in [4.69, 9.17) is 5.11 Å². The van der Waals surface area contributed by atoms with Crippen molar-refractivity contribution in [2.75, 3.05) is 5.32 Å². The first kappa shape index (κ1) is 11.6.